The summed E-state index contributed by atoms with van der Waals surface area (Å²) < 4.78 is 5.78. The van der Waals surface area contributed by atoms with Gasteiger partial charge in [0, 0.05) is 32.7 Å². The van der Waals surface area contributed by atoms with Gasteiger partial charge in [0.1, 0.15) is 5.75 Å². The molecule has 2 aromatic carbocycles. The molecule has 0 bridgehead atoms. The number of amides is 2. The van der Waals surface area contributed by atoms with Crippen LogP contribution in [0, 0.1) is 0 Å². The Hall–Kier alpha value is -2.73. The van der Waals surface area contributed by atoms with Gasteiger partial charge in [-0.15, -0.1) is 0 Å². The molecule has 2 aromatic rings. The predicted octanol–water partition coefficient (Wildman–Crippen LogP) is 4.00. The molecule has 1 aliphatic rings. The summed E-state index contributed by atoms with van der Waals surface area (Å²) in [7, 11) is 0. The highest BCUT2D eigenvalue weighted by Gasteiger charge is 2.24. The molecule has 6 nitrogen and oxygen atoms in total. The maximum absolute atomic E-state index is 12.9. The number of anilines is 1. The average molecular weight is 425 g/mol. The van der Waals surface area contributed by atoms with Crippen molar-refractivity contribution in [2.75, 3.05) is 57.3 Å². The number of piperazine rings is 1. The molecule has 1 unspecified atom stereocenters. The van der Waals surface area contributed by atoms with E-state index < -0.39 is 0 Å². The molecule has 6 heteroatoms. The van der Waals surface area contributed by atoms with E-state index in [9.17, 15) is 4.79 Å². The third-order valence-electron chi connectivity index (χ3n) is 5.96. The van der Waals surface area contributed by atoms with E-state index in [1.807, 2.05) is 36.1 Å². The zero-order chi connectivity index (χ0) is 22.1. The molecule has 0 aromatic heterocycles. The lowest BCUT2D eigenvalue weighted by Crippen LogP contribution is -2.53. The first-order valence-electron chi connectivity index (χ1n) is 11.5. The third-order valence-corrected chi connectivity index (χ3v) is 5.96. The topological polar surface area (TPSA) is 48.1 Å². The Morgan fingerprint density at radius 2 is 1.61 bits per heavy atom. The molecular weight excluding hydrogens is 388 g/mol. The second-order valence-electron chi connectivity index (χ2n) is 7.71. The summed E-state index contributed by atoms with van der Waals surface area (Å²) >= 11 is 0. The average Bonchev–Trinajstić information content (AvgIpc) is 2.83. The molecule has 1 N–H and O–H groups in total. The fourth-order valence-corrected chi connectivity index (χ4v) is 4.24. The van der Waals surface area contributed by atoms with E-state index in [2.05, 4.69) is 59.3 Å². The van der Waals surface area contributed by atoms with Crippen molar-refractivity contribution in [2.45, 2.75) is 26.8 Å². The standard InChI is InChI=1S/C25H36N4O2/c1-4-27(5-2)23(21-12-8-7-9-13-21)20-26-25(30)29-18-16-28(17-19-29)22-14-10-11-15-24(22)31-6-3/h7-15,23H,4-6,16-20H2,1-3H3,(H,26,30). The lowest BCUT2D eigenvalue weighted by atomic mass is 10.1. The van der Waals surface area contributed by atoms with Crippen molar-refractivity contribution in [3.8, 4) is 5.75 Å². The van der Waals surface area contributed by atoms with E-state index >= 15 is 0 Å². The second kappa shape index (κ2) is 11.6. The Kier molecular flexibility index (Phi) is 8.59. The summed E-state index contributed by atoms with van der Waals surface area (Å²) in [6, 6.07) is 18.8. The number of rotatable bonds is 9. The van der Waals surface area contributed by atoms with Crippen molar-refractivity contribution in [3.05, 3.63) is 60.2 Å². The summed E-state index contributed by atoms with van der Waals surface area (Å²) in [5.41, 5.74) is 2.35. The van der Waals surface area contributed by atoms with Crippen LogP contribution in [0.5, 0.6) is 5.75 Å². The number of carbonyl (C=O) groups excluding carboxylic acids is 1. The molecule has 3 rings (SSSR count). The van der Waals surface area contributed by atoms with Crippen LogP contribution in [-0.2, 0) is 0 Å². The minimum atomic E-state index is 0.0193. The van der Waals surface area contributed by atoms with Gasteiger partial charge in [-0.05, 0) is 37.7 Å². The number of benzene rings is 2. The highest BCUT2D eigenvalue weighted by molar-refractivity contribution is 5.74. The van der Waals surface area contributed by atoms with Crippen LogP contribution in [0.25, 0.3) is 0 Å². The van der Waals surface area contributed by atoms with E-state index in [0.717, 1.165) is 37.6 Å². The maximum Gasteiger partial charge on any atom is 0.317 e. The van der Waals surface area contributed by atoms with Gasteiger partial charge in [-0.1, -0.05) is 56.3 Å². The molecule has 0 aliphatic carbocycles. The Morgan fingerprint density at radius 3 is 2.26 bits per heavy atom. The number of urea groups is 1. The van der Waals surface area contributed by atoms with Crippen LogP contribution < -0.4 is 15.0 Å². The lowest BCUT2D eigenvalue weighted by Gasteiger charge is -2.37. The summed E-state index contributed by atoms with van der Waals surface area (Å²) in [6.07, 6.45) is 0. The second-order valence-corrected chi connectivity index (χ2v) is 7.71. The molecule has 1 saturated heterocycles. The van der Waals surface area contributed by atoms with Gasteiger partial charge in [0.2, 0.25) is 0 Å². The minimum Gasteiger partial charge on any atom is -0.492 e. The van der Waals surface area contributed by atoms with Gasteiger partial charge in [-0.2, -0.15) is 0 Å². The van der Waals surface area contributed by atoms with Gasteiger partial charge in [-0.3, -0.25) is 4.90 Å². The smallest absolute Gasteiger partial charge is 0.317 e. The molecule has 1 fully saturated rings. The van der Waals surface area contributed by atoms with Crippen molar-refractivity contribution in [2.24, 2.45) is 0 Å². The number of ether oxygens (including phenoxy) is 1. The summed E-state index contributed by atoms with van der Waals surface area (Å²) in [6.45, 7) is 12.5. The van der Waals surface area contributed by atoms with Crippen LogP contribution in [0.2, 0.25) is 0 Å². The van der Waals surface area contributed by atoms with Crippen LogP contribution in [0.3, 0.4) is 0 Å². The SMILES string of the molecule is CCOc1ccccc1N1CCN(C(=O)NCC(c2ccccc2)N(CC)CC)CC1. The summed E-state index contributed by atoms with van der Waals surface area (Å²) in [5, 5.41) is 3.19. The van der Waals surface area contributed by atoms with Crippen molar-refractivity contribution in [1.29, 1.82) is 0 Å². The molecule has 0 radical (unpaired) electrons. The number of hydrogen-bond acceptors (Lipinski definition) is 4. The molecule has 1 heterocycles. The van der Waals surface area contributed by atoms with Gasteiger partial charge >= 0.3 is 6.03 Å². The lowest BCUT2D eigenvalue weighted by molar-refractivity contribution is 0.180. The highest BCUT2D eigenvalue weighted by Crippen LogP contribution is 2.28. The van der Waals surface area contributed by atoms with Crippen LogP contribution in [0.4, 0.5) is 10.5 Å². The Labute approximate surface area is 186 Å². The maximum atomic E-state index is 12.9. The molecule has 0 spiro atoms. The zero-order valence-corrected chi connectivity index (χ0v) is 19.1. The molecule has 31 heavy (non-hydrogen) atoms. The molecule has 1 atom stereocenters. The van der Waals surface area contributed by atoms with Gasteiger partial charge < -0.3 is 19.9 Å². The van der Waals surface area contributed by atoms with E-state index in [0.29, 0.717) is 26.2 Å². The zero-order valence-electron chi connectivity index (χ0n) is 19.1. The molecule has 168 valence electrons. The van der Waals surface area contributed by atoms with Crippen molar-refractivity contribution in [1.82, 2.24) is 15.1 Å². The minimum absolute atomic E-state index is 0.0193. The van der Waals surface area contributed by atoms with E-state index in [1.54, 1.807) is 0 Å². The van der Waals surface area contributed by atoms with Crippen molar-refractivity contribution >= 4 is 11.7 Å². The number of carbonyl (C=O) groups is 1. The summed E-state index contributed by atoms with van der Waals surface area (Å²) in [4.78, 5) is 19.5. The molecule has 0 saturated carbocycles. The van der Waals surface area contributed by atoms with E-state index in [1.165, 1.54) is 5.56 Å². The number of para-hydroxylation sites is 2. The highest BCUT2D eigenvalue weighted by atomic mass is 16.5. The molecular formula is C25H36N4O2. The van der Waals surface area contributed by atoms with E-state index in [-0.39, 0.29) is 12.1 Å². The largest absolute Gasteiger partial charge is 0.492 e. The monoisotopic (exact) mass is 424 g/mol. The fourth-order valence-electron chi connectivity index (χ4n) is 4.24. The first-order valence-corrected chi connectivity index (χ1v) is 11.5. The predicted molar refractivity (Wildman–Crippen MR) is 127 cm³/mol. The molecule has 2 amide bonds. The van der Waals surface area contributed by atoms with Crippen molar-refractivity contribution < 1.29 is 9.53 Å². The normalized spacial score (nSPS) is 15.1. The van der Waals surface area contributed by atoms with Crippen LogP contribution >= 0.6 is 0 Å². The first kappa shape index (κ1) is 22.9. The number of likely N-dealkylation sites (N-methyl/N-ethyl adjacent to an activating group) is 1. The number of nitrogens with zero attached hydrogens (tertiary/aromatic N) is 3. The van der Waals surface area contributed by atoms with Crippen LogP contribution in [0.15, 0.2) is 54.6 Å². The van der Waals surface area contributed by atoms with Crippen LogP contribution in [-0.4, -0.2) is 68.3 Å². The summed E-state index contributed by atoms with van der Waals surface area (Å²) in [5.74, 6) is 0.910. The Morgan fingerprint density at radius 1 is 0.968 bits per heavy atom. The number of nitrogens with one attached hydrogen (secondary N) is 1. The van der Waals surface area contributed by atoms with E-state index in [4.69, 9.17) is 4.74 Å². The quantitative estimate of drug-likeness (QED) is 0.661. The Balaban J connectivity index is 1.57. The van der Waals surface area contributed by atoms with Gasteiger partial charge in [0.05, 0.1) is 18.3 Å². The fraction of sp³-hybridized carbons (Fsp3) is 0.480. The number of hydrogen-bond donors (Lipinski definition) is 1. The Bertz CT molecular complexity index is 802. The van der Waals surface area contributed by atoms with Gasteiger partial charge in [-0.25, -0.2) is 4.79 Å². The van der Waals surface area contributed by atoms with Crippen LogP contribution in [0.1, 0.15) is 32.4 Å². The van der Waals surface area contributed by atoms with Crippen molar-refractivity contribution in [3.63, 3.8) is 0 Å². The van der Waals surface area contributed by atoms with Gasteiger partial charge in [0.15, 0.2) is 0 Å². The third kappa shape index (κ3) is 5.91. The first-order chi connectivity index (χ1) is 15.2. The molecule has 1 aliphatic heterocycles. The van der Waals surface area contributed by atoms with Gasteiger partial charge in [0.25, 0.3) is 0 Å².